The van der Waals surface area contributed by atoms with Crippen LogP contribution in [0.25, 0.3) is 0 Å². The molecule has 0 saturated carbocycles. The van der Waals surface area contributed by atoms with Gasteiger partial charge in [0.1, 0.15) is 23.4 Å². The summed E-state index contributed by atoms with van der Waals surface area (Å²) in [6.45, 7) is 0.132. The molecule has 6 aromatic carbocycles. The van der Waals surface area contributed by atoms with E-state index in [4.69, 9.17) is 18.9 Å². The maximum Gasteiger partial charge on any atom is 0.302 e. The van der Waals surface area contributed by atoms with Gasteiger partial charge in [0.25, 0.3) is 5.56 Å². The Morgan fingerprint density at radius 3 is 1.33 bits per heavy atom. The lowest BCUT2D eigenvalue weighted by Crippen LogP contribution is -2.50. The minimum Gasteiger partial charge on any atom is -0.455 e. The van der Waals surface area contributed by atoms with Crippen molar-refractivity contribution in [2.45, 2.75) is 35.7 Å². The van der Waals surface area contributed by atoms with E-state index in [0.717, 1.165) is 33.4 Å². The van der Waals surface area contributed by atoms with Gasteiger partial charge in [-0.15, -0.1) is 0 Å². The van der Waals surface area contributed by atoms with Gasteiger partial charge in [0.15, 0.2) is 12.3 Å². The molecule has 0 radical (unpaired) electrons. The number of hydrogen-bond acceptors (Lipinski definition) is 6. The van der Waals surface area contributed by atoms with Crippen LogP contribution >= 0.6 is 0 Å². The highest BCUT2D eigenvalue weighted by atomic mass is 16.7. The Balaban J connectivity index is 1.17. The topological polar surface area (TPSA) is 71.8 Å². The third kappa shape index (κ3) is 5.83. The zero-order chi connectivity index (χ0) is 36.4. The molecule has 2 aliphatic rings. The van der Waals surface area contributed by atoms with E-state index in [1.54, 1.807) is 10.8 Å². The molecule has 1 saturated heterocycles. The van der Waals surface area contributed by atoms with Crippen LogP contribution in [0.3, 0.4) is 0 Å². The molecule has 7 heteroatoms. The lowest BCUT2D eigenvalue weighted by molar-refractivity contribution is -0.136. The molecule has 7 nitrogen and oxygen atoms in total. The fraction of sp³-hybridized carbons (Fsp3) is 0.149. The van der Waals surface area contributed by atoms with Crippen molar-refractivity contribution >= 4 is 0 Å². The molecule has 0 amide bonds. The van der Waals surface area contributed by atoms with E-state index in [9.17, 15) is 4.79 Å². The van der Waals surface area contributed by atoms with Crippen molar-refractivity contribution < 1.29 is 18.9 Å². The molecular formula is C47H38N2O5. The van der Waals surface area contributed by atoms with Crippen LogP contribution in [0.1, 0.15) is 39.6 Å². The SMILES string of the molecule is O=c1ccn2c(n1)OC1C(COC(c3ccccc3)(c3ccccc3)c3ccccc3)OC2C1OC(c1ccccc1)(c1ccccc1)c1ccccc1. The number of aromatic nitrogens is 2. The Morgan fingerprint density at radius 1 is 0.537 bits per heavy atom. The number of ether oxygens (including phenoxy) is 4. The average molecular weight is 711 g/mol. The van der Waals surface area contributed by atoms with Crippen molar-refractivity contribution in [1.82, 2.24) is 9.55 Å². The maximum atomic E-state index is 12.5. The van der Waals surface area contributed by atoms with Crippen LogP contribution in [0.4, 0.5) is 0 Å². The molecule has 1 fully saturated rings. The van der Waals surface area contributed by atoms with Crippen LogP contribution in [0, 0.1) is 0 Å². The summed E-state index contributed by atoms with van der Waals surface area (Å²) in [5.74, 6) is 0. The first-order valence-electron chi connectivity index (χ1n) is 18.2. The molecule has 4 atom stereocenters. The van der Waals surface area contributed by atoms with Gasteiger partial charge in [-0.25, -0.2) is 0 Å². The van der Waals surface area contributed by atoms with E-state index in [1.165, 1.54) is 6.07 Å². The largest absolute Gasteiger partial charge is 0.455 e. The Bertz CT molecular complexity index is 2170. The summed E-state index contributed by atoms with van der Waals surface area (Å²) < 4.78 is 30.3. The van der Waals surface area contributed by atoms with Crippen LogP contribution < -0.4 is 10.3 Å². The van der Waals surface area contributed by atoms with E-state index in [1.807, 2.05) is 109 Å². The molecule has 3 heterocycles. The Hall–Kier alpha value is -6.12. The molecule has 9 rings (SSSR count). The Labute approximate surface area is 314 Å². The molecule has 2 bridgehead atoms. The van der Waals surface area contributed by atoms with E-state index in [0.29, 0.717) is 0 Å². The summed E-state index contributed by atoms with van der Waals surface area (Å²) >= 11 is 0. The molecule has 54 heavy (non-hydrogen) atoms. The zero-order valence-electron chi connectivity index (χ0n) is 29.4. The molecule has 4 unspecified atom stereocenters. The fourth-order valence-corrected chi connectivity index (χ4v) is 8.04. The highest BCUT2D eigenvalue weighted by Gasteiger charge is 2.56. The molecule has 7 aromatic rings. The van der Waals surface area contributed by atoms with E-state index in [2.05, 4.69) is 77.8 Å². The quantitative estimate of drug-likeness (QED) is 0.126. The van der Waals surface area contributed by atoms with Gasteiger partial charge in [0.2, 0.25) is 0 Å². The monoisotopic (exact) mass is 710 g/mol. The first-order valence-corrected chi connectivity index (χ1v) is 18.2. The lowest BCUT2D eigenvalue weighted by Gasteiger charge is -2.42. The van der Waals surface area contributed by atoms with Gasteiger partial charge in [-0.2, -0.15) is 4.98 Å². The minimum absolute atomic E-state index is 0.132. The molecule has 266 valence electrons. The second-order valence-electron chi connectivity index (χ2n) is 13.6. The standard InChI is InChI=1S/C47H38N2O5/c50-41-31-32-49-44-43(54-47(37-25-13-4-14-26-37,38-27-15-5-16-28-38)39-29-17-6-18-30-39)42(53-45(49)48-41)40(52-44)33-51-46(34-19-7-1-8-20-34,35-21-9-2-10-22-35)36-23-11-3-12-24-36/h1-32,40,42-44H,33H2. The van der Waals surface area contributed by atoms with Gasteiger partial charge in [-0.1, -0.05) is 182 Å². The smallest absolute Gasteiger partial charge is 0.302 e. The predicted octanol–water partition coefficient (Wildman–Crippen LogP) is 8.29. The van der Waals surface area contributed by atoms with E-state index < -0.39 is 41.3 Å². The average Bonchev–Trinajstić information content (AvgIpc) is 3.48. The second kappa shape index (κ2) is 14.4. The van der Waals surface area contributed by atoms with E-state index >= 15 is 0 Å². The first-order chi connectivity index (χ1) is 26.7. The Morgan fingerprint density at radius 2 is 0.926 bits per heavy atom. The summed E-state index contributed by atoms with van der Waals surface area (Å²) in [5, 5.41) is 0. The van der Waals surface area contributed by atoms with Gasteiger partial charge in [-0.3, -0.25) is 9.36 Å². The summed E-state index contributed by atoms with van der Waals surface area (Å²) in [6, 6.07) is 63.1. The van der Waals surface area contributed by atoms with Crippen molar-refractivity contribution in [2.75, 3.05) is 6.61 Å². The van der Waals surface area contributed by atoms with Crippen molar-refractivity contribution in [3.63, 3.8) is 0 Å². The summed E-state index contributed by atoms with van der Waals surface area (Å²) in [6.07, 6.45) is -0.985. The number of fused-ring (bicyclic) bond motifs is 4. The maximum absolute atomic E-state index is 12.5. The van der Waals surface area contributed by atoms with Crippen molar-refractivity contribution in [3.05, 3.63) is 238 Å². The van der Waals surface area contributed by atoms with Gasteiger partial charge in [-0.05, 0) is 33.4 Å². The van der Waals surface area contributed by atoms with Crippen LogP contribution in [-0.4, -0.2) is 34.5 Å². The normalized spacial score (nSPS) is 19.1. The third-order valence-corrected chi connectivity index (χ3v) is 10.5. The summed E-state index contributed by atoms with van der Waals surface area (Å²) in [4.78, 5) is 16.8. The fourth-order valence-electron chi connectivity index (χ4n) is 8.04. The Kier molecular flexibility index (Phi) is 8.97. The number of benzene rings is 6. The summed E-state index contributed by atoms with van der Waals surface area (Å²) in [5.41, 5.74) is 3.35. The van der Waals surface area contributed by atoms with Crippen molar-refractivity contribution in [1.29, 1.82) is 0 Å². The molecule has 0 spiro atoms. The molecule has 2 aliphatic heterocycles. The number of rotatable bonds is 11. The first kappa shape index (κ1) is 33.7. The molecule has 0 N–H and O–H groups in total. The lowest BCUT2D eigenvalue weighted by atomic mass is 9.79. The minimum atomic E-state index is -1.06. The third-order valence-electron chi connectivity index (χ3n) is 10.5. The number of nitrogens with zero attached hydrogens (tertiary/aromatic N) is 2. The molecule has 0 aliphatic carbocycles. The van der Waals surface area contributed by atoms with Crippen LogP contribution in [0.2, 0.25) is 0 Å². The van der Waals surface area contributed by atoms with Crippen LogP contribution in [-0.2, 0) is 25.4 Å². The van der Waals surface area contributed by atoms with Gasteiger partial charge in [0, 0.05) is 12.3 Å². The van der Waals surface area contributed by atoms with Crippen LogP contribution in [0.5, 0.6) is 6.01 Å². The summed E-state index contributed by atoms with van der Waals surface area (Å²) in [7, 11) is 0. The predicted molar refractivity (Wildman–Crippen MR) is 206 cm³/mol. The van der Waals surface area contributed by atoms with Gasteiger partial charge < -0.3 is 18.9 Å². The highest BCUT2D eigenvalue weighted by Crippen LogP contribution is 2.49. The second-order valence-corrected chi connectivity index (χ2v) is 13.6. The van der Waals surface area contributed by atoms with Gasteiger partial charge >= 0.3 is 6.01 Å². The highest BCUT2D eigenvalue weighted by molar-refractivity contribution is 5.49. The van der Waals surface area contributed by atoms with Gasteiger partial charge in [0.05, 0.1) is 6.61 Å². The molecule has 1 aromatic heterocycles. The van der Waals surface area contributed by atoms with E-state index in [-0.39, 0.29) is 12.6 Å². The zero-order valence-corrected chi connectivity index (χ0v) is 29.4. The molecular weight excluding hydrogens is 673 g/mol. The number of hydrogen-bond donors (Lipinski definition) is 0. The van der Waals surface area contributed by atoms with Crippen molar-refractivity contribution in [3.8, 4) is 6.01 Å². The van der Waals surface area contributed by atoms with Crippen LogP contribution in [0.15, 0.2) is 199 Å². The van der Waals surface area contributed by atoms with Crippen molar-refractivity contribution in [2.24, 2.45) is 0 Å².